The normalized spacial score (nSPS) is 18.0. The number of nitrogens with zero attached hydrogens (tertiary/aromatic N) is 1. The number of benzene rings is 1. The van der Waals surface area contributed by atoms with Crippen LogP contribution in [0.4, 0.5) is 0 Å². The van der Waals surface area contributed by atoms with E-state index >= 15 is 0 Å². The monoisotopic (exact) mass is 346 g/mol. The zero-order chi connectivity index (χ0) is 18.2. The SMILES string of the molecule is CCCC(=O)N1CCC[C@H]1C(=O)N[C@@H](C)CCc1ccc(OC)cc1. The van der Waals surface area contributed by atoms with E-state index in [-0.39, 0.29) is 23.9 Å². The number of methoxy groups -OCH3 is 1. The number of rotatable bonds is 8. The first-order chi connectivity index (χ1) is 12.0. The molecule has 0 aromatic heterocycles. The summed E-state index contributed by atoms with van der Waals surface area (Å²) in [5, 5.41) is 3.08. The second-order valence-corrected chi connectivity index (χ2v) is 6.79. The standard InChI is InChI=1S/C20H30N2O3/c1-4-6-19(23)22-14-5-7-18(22)20(24)21-15(2)8-9-16-10-12-17(25-3)13-11-16/h10-13,15,18H,4-9,14H2,1-3H3,(H,21,24)/t15-,18-/m0/s1. The maximum absolute atomic E-state index is 12.5. The number of aryl methyl sites for hydroxylation is 1. The first-order valence-corrected chi connectivity index (χ1v) is 9.28. The molecule has 1 aromatic rings. The Bertz CT molecular complexity index is 571. The van der Waals surface area contributed by atoms with Crippen molar-refractivity contribution in [3.63, 3.8) is 0 Å². The molecule has 2 rings (SSSR count). The number of hydrogen-bond acceptors (Lipinski definition) is 3. The summed E-state index contributed by atoms with van der Waals surface area (Å²) < 4.78 is 5.16. The van der Waals surface area contributed by atoms with Gasteiger partial charge in [-0.1, -0.05) is 19.1 Å². The maximum Gasteiger partial charge on any atom is 0.243 e. The van der Waals surface area contributed by atoms with Crippen LogP contribution >= 0.6 is 0 Å². The van der Waals surface area contributed by atoms with E-state index in [1.165, 1.54) is 5.56 Å². The van der Waals surface area contributed by atoms with E-state index < -0.39 is 0 Å². The van der Waals surface area contributed by atoms with Gasteiger partial charge in [0.15, 0.2) is 0 Å². The zero-order valence-corrected chi connectivity index (χ0v) is 15.6. The van der Waals surface area contributed by atoms with Crippen molar-refractivity contribution in [3.05, 3.63) is 29.8 Å². The van der Waals surface area contributed by atoms with Crippen LogP contribution in [-0.4, -0.2) is 42.5 Å². The summed E-state index contributed by atoms with van der Waals surface area (Å²) in [6.45, 7) is 4.72. The second kappa shape index (κ2) is 9.44. The smallest absolute Gasteiger partial charge is 0.243 e. The highest BCUT2D eigenvalue weighted by Gasteiger charge is 2.33. The first-order valence-electron chi connectivity index (χ1n) is 9.28. The average Bonchev–Trinajstić information content (AvgIpc) is 3.10. The molecule has 2 atom stereocenters. The molecule has 0 spiro atoms. The van der Waals surface area contributed by atoms with Crippen LogP contribution in [-0.2, 0) is 16.0 Å². The Balaban J connectivity index is 1.81. The van der Waals surface area contributed by atoms with Gasteiger partial charge in [-0.05, 0) is 56.7 Å². The minimum Gasteiger partial charge on any atom is -0.497 e. The number of carbonyl (C=O) groups excluding carboxylic acids is 2. The third-order valence-electron chi connectivity index (χ3n) is 4.75. The molecule has 1 N–H and O–H groups in total. The molecule has 1 saturated heterocycles. The fourth-order valence-electron chi connectivity index (χ4n) is 3.28. The minimum absolute atomic E-state index is 0.0100. The number of nitrogens with one attached hydrogen (secondary N) is 1. The molecular weight excluding hydrogens is 316 g/mol. The Morgan fingerprint density at radius 2 is 2.04 bits per heavy atom. The molecule has 5 nitrogen and oxygen atoms in total. The number of ether oxygens (including phenoxy) is 1. The van der Waals surface area contributed by atoms with Crippen molar-refractivity contribution in [1.82, 2.24) is 10.2 Å². The molecule has 25 heavy (non-hydrogen) atoms. The molecule has 1 aromatic carbocycles. The highest BCUT2D eigenvalue weighted by molar-refractivity contribution is 5.88. The lowest BCUT2D eigenvalue weighted by Crippen LogP contribution is -2.48. The van der Waals surface area contributed by atoms with E-state index in [0.717, 1.165) is 37.9 Å². The van der Waals surface area contributed by atoms with Crippen molar-refractivity contribution in [3.8, 4) is 5.75 Å². The van der Waals surface area contributed by atoms with Crippen LogP contribution in [0.15, 0.2) is 24.3 Å². The van der Waals surface area contributed by atoms with E-state index in [1.54, 1.807) is 12.0 Å². The predicted molar refractivity (Wildman–Crippen MR) is 98.6 cm³/mol. The quantitative estimate of drug-likeness (QED) is 0.787. The summed E-state index contributed by atoms with van der Waals surface area (Å²) in [5.41, 5.74) is 1.22. The summed E-state index contributed by atoms with van der Waals surface area (Å²) in [5.74, 6) is 0.943. The van der Waals surface area contributed by atoms with Gasteiger partial charge in [0.25, 0.3) is 0 Å². The number of likely N-dealkylation sites (tertiary alicyclic amines) is 1. The van der Waals surface area contributed by atoms with Crippen molar-refractivity contribution in [2.45, 2.75) is 64.5 Å². The summed E-state index contributed by atoms with van der Waals surface area (Å²) in [7, 11) is 1.66. The van der Waals surface area contributed by atoms with Gasteiger partial charge in [0.2, 0.25) is 11.8 Å². The van der Waals surface area contributed by atoms with Crippen molar-refractivity contribution in [2.75, 3.05) is 13.7 Å². The Morgan fingerprint density at radius 3 is 2.68 bits per heavy atom. The molecule has 0 saturated carbocycles. The summed E-state index contributed by atoms with van der Waals surface area (Å²) >= 11 is 0. The minimum atomic E-state index is -0.289. The van der Waals surface area contributed by atoms with Crippen LogP contribution in [0.3, 0.4) is 0 Å². The van der Waals surface area contributed by atoms with E-state index in [1.807, 2.05) is 26.0 Å². The molecule has 0 aliphatic carbocycles. The summed E-state index contributed by atoms with van der Waals surface area (Å²) in [4.78, 5) is 26.5. The van der Waals surface area contributed by atoms with Gasteiger partial charge in [-0.2, -0.15) is 0 Å². The fourth-order valence-corrected chi connectivity index (χ4v) is 3.28. The Labute approximate surface area is 150 Å². The Morgan fingerprint density at radius 1 is 1.32 bits per heavy atom. The van der Waals surface area contributed by atoms with Gasteiger partial charge in [0, 0.05) is 19.0 Å². The number of hydrogen-bond donors (Lipinski definition) is 1. The maximum atomic E-state index is 12.5. The third-order valence-corrected chi connectivity index (χ3v) is 4.75. The Hall–Kier alpha value is -2.04. The third kappa shape index (κ3) is 5.48. The molecule has 1 aliphatic rings. The molecule has 1 fully saturated rings. The topological polar surface area (TPSA) is 58.6 Å². The predicted octanol–water partition coefficient (Wildman–Crippen LogP) is 2.92. The molecule has 1 heterocycles. The number of carbonyl (C=O) groups is 2. The molecule has 5 heteroatoms. The van der Waals surface area contributed by atoms with Gasteiger partial charge in [-0.25, -0.2) is 0 Å². The van der Waals surface area contributed by atoms with E-state index in [2.05, 4.69) is 17.4 Å². The Kier molecular flexibility index (Phi) is 7.29. The molecule has 2 amide bonds. The van der Waals surface area contributed by atoms with Gasteiger partial charge in [0.1, 0.15) is 11.8 Å². The molecule has 0 radical (unpaired) electrons. The van der Waals surface area contributed by atoms with Gasteiger partial charge in [0.05, 0.1) is 7.11 Å². The van der Waals surface area contributed by atoms with Crippen LogP contribution in [0.25, 0.3) is 0 Å². The lowest BCUT2D eigenvalue weighted by Gasteiger charge is -2.25. The number of amides is 2. The molecule has 138 valence electrons. The van der Waals surface area contributed by atoms with Crippen molar-refractivity contribution >= 4 is 11.8 Å². The lowest BCUT2D eigenvalue weighted by molar-refractivity contribution is -0.138. The molecule has 1 aliphatic heterocycles. The summed E-state index contributed by atoms with van der Waals surface area (Å²) in [6, 6.07) is 7.80. The van der Waals surface area contributed by atoms with Crippen LogP contribution in [0.1, 0.15) is 51.5 Å². The van der Waals surface area contributed by atoms with E-state index in [9.17, 15) is 9.59 Å². The summed E-state index contributed by atoms with van der Waals surface area (Å²) in [6.07, 6.45) is 4.79. The van der Waals surface area contributed by atoms with Gasteiger partial charge >= 0.3 is 0 Å². The molecule has 0 bridgehead atoms. The van der Waals surface area contributed by atoms with Gasteiger partial charge < -0.3 is 15.0 Å². The van der Waals surface area contributed by atoms with E-state index in [0.29, 0.717) is 13.0 Å². The van der Waals surface area contributed by atoms with Crippen molar-refractivity contribution in [2.24, 2.45) is 0 Å². The largest absolute Gasteiger partial charge is 0.497 e. The lowest BCUT2D eigenvalue weighted by atomic mass is 10.1. The van der Waals surface area contributed by atoms with Crippen molar-refractivity contribution < 1.29 is 14.3 Å². The average molecular weight is 346 g/mol. The fraction of sp³-hybridized carbons (Fsp3) is 0.600. The van der Waals surface area contributed by atoms with Crippen LogP contribution in [0, 0.1) is 0 Å². The van der Waals surface area contributed by atoms with Gasteiger partial charge in [-0.3, -0.25) is 9.59 Å². The molecular formula is C20H30N2O3. The highest BCUT2D eigenvalue weighted by Crippen LogP contribution is 2.19. The molecule has 0 unspecified atom stereocenters. The van der Waals surface area contributed by atoms with Gasteiger partial charge in [-0.15, -0.1) is 0 Å². The first kappa shape index (κ1) is 19.3. The van der Waals surface area contributed by atoms with Crippen LogP contribution in [0.5, 0.6) is 5.75 Å². The van der Waals surface area contributed by atoms with Crippen LogP contribution in [0.2, 0.25) is 0 Å². The van der Waals surface area contributed by atoms with Crippen LogP contribution < -0.4 is 10.1 Å². The van der Waals surface area contributed by atoms with E-state index in [4.69, 9.17) is 4.74 Å². The highest BCUT2D eigenvalue weighted by atomic mass is 16.5. The zero-order valence-electron chi connectivity index (χ0n) is 15.6. The van der Waals surface area contributed by atoms with Crippen molar-refractivity contribution in [1.29, 1.82) is 0 Å². The second-order valence-electron chi connectivity index (χ2n) is 6.79.